The monoisotopic (exact) mass is 161 g/mol. The molecule has 12 heavy (non-hydrogen) atoms. The van der Waals surface area contributed by atoms with Gasteiger partial charge in [0.1, 0.15) is 5.65 Å². The van der Waals surface area contributed by atoms with Crippen LogP contribution in [0.5, 0.6) is 0 Å². The average molecular weight is 161 g/mol. The van der Waals surface area contributed by atoms with Crippen LogP contribution in [0.1, 0.15) is 11.1 Å². The Labute approximate surface area is 70.6 Å². The molecule has 0 atom stereocenters. The van der Waals surface area contributed by atoms with Crippen LogP contribution < -0.4 is 5.73 Å². The van der Waals surface area contributed by atoms with Gasteiger partial charge in [0.2, 0.25) is 0 Å². The topological polar surface area (TPSA) is 54.7 Å². The summed E-state index contributed by atoms with van der Waals surface area (Å²) >= 11 is 0. The fraction of sp³-hybridized carbons (Fsp3) is 0.222. The second-order valence-corrected chi connectivity index (χ2v) is 2.87. The summed E-state index contributed by atoms with van der Waals surface area (Å²) in [6.07, 6.45) is 3.73. The highest BCUT2D eigenvalue weighted by molar-refractivity contribution is 5.82. The number of aromatic amines is 1. The molecule has 62 valence electrons. The second kappa shape index (κ2) is 2.60. The van der Waals surface area contributed by atoms with E-state index in [1.54, 1.807) is 6.20 Å². The maximum absolute atomic E-state index is 5.60. The standard InChI is InChI=1S/C9H11N3/c1-6-5-12-9-8(6)7(4-10)2-3-11-9/h2-3,5H,4,10H2,1H3,(H,11,12). The predicted molar refractivity (Wildman–Crippen MR) is 48.7 cm³/mol. The van der Waals surface area contributed by atoms with Gasteiger partial charge in [0, 0.05) is 24.3 Å². The number of nitrogens with zero attached hydrogens (tertiary/aromatic N) is 1. The van der Waals surface area contributed by atoms with Crippen LogP contribution in [0.25, 0.3) is 11.0 Å². The van der Waals surface area contributed by atoms with Gasteiger partial charge in [-0.05, 0) is 24.1 Å². The molecule has 0 aliphatic heterocycles. The SMILES string of the molecule is Cc1c[nH]c2nccc(CN)c12. The van der Waals surface area contributed by atoms with Gasteiger partial charge in [-0.3, -0.25) is 0 Å². The first kappa shape index (κ1) is 7.31. The van der Waals surface area contributed by atoms with Crippen molar-refractivity contribution in [3.63, 3.8) is 0 Å². The van der Waals surface area contributed by atoms with Crippen molar-refractivity contribution in [3.8, 4) is 0 Å². The van der Waals surface area contributed by atoms with E-state index in [1.807, 2.05) is 12.3 Å². The van der Waals surface area contributed by atoms with Crippen molar-refractivity contribution in [2.45, 2.75) is 13.5 Å². The van der Waals surface area contributed by atoms with Gasteiger partial charge in [-0.1, -0.05) is 0 Å². The third-order valence-corrected chi connectivity index (χ3v) is 2.08. The first-order chi connectivity index (χ1) is 5.83. The fourth-order valence-electron chi connectivity index (χ4n) is 1.47. The molecule has 0 aliphatic carbocycles. The van der Waals surface area contributed by atoms with Gasteiger partial charge in [-0.25, -0.2) is 4.98 Å². The molecule has 0 aliphatic rings. The number of aromatic nitrogens is 2. The van der Waals surface area contributed by atoms with E-state index >= 15 is 0 Å². The largest absolute Gasteiger partial charge is 0.346 e. The van der Waals surface area contributed by atoms with Crippen molar-refractivity contribution in [1.82, 2.24) is 9.97 Å². The molecule has 2 aromatic rings. The molecule has 0 saturated heterocycles. The van der Waals surface area contributed by atoms with Crippen molar-refractivity contribution < 1.29 is 0 Å². The van der Waals surface area contributed by atoms with Gasteiger partial charge in [0.05, 0.1) is 0 Å². The quantitative estimate of drug-likeness (QED) is 0.663. The van der Waals surface area contributed by atoms with Crippen LogP contribution in [-0.2, 0) is 6.54 Å². The van der Waals surface area contributed by atoms with Crippen molar-refractivity contribution in [2.24, 2.45) is 5.73 Å². The van der Waals surface area contributed by atoms with Crippen molar-refractivity contribution in [1.29, 1.82) is 0 Å². The molecule has 2 aromatic heterocycles. The first-order valence-corrected chi connectivity index (χ1v) is 3.94. The Bertz CT molecular complexity index is 403. The normalized spacial score (nSPS) is 10.8. The Balaban J connectivity index is 2.84. The van der Waals surface area contributed by atoms with E-state index < -0.39 is 0 Å². The highest BCUT2D eigenvalue weighted by Gasteiger charge is 2.03. The number of H-pyrrole nitrogens is 1. The van der Waals surface area contributed by atoms with E-state index in [9.17, 15) is 0 Å². The zero-order chi connectivity index (χ0) is 8.55. The maximum atomic E-state index is 5.60. The summed E-state index contributed by atoms with van der Waals surface area (Å²) in [5.74, 6) is 0. The fourth-order valence-corrected chi connectivity index (χ4v) is 1.47. The summed E-state index contributed by atoms with van der Waals surface area (Å²) in [5.41, 5.74) is 8.89. The Kier molecular flexibility index (Phi) is 1.59. The number of hydrogen-bond acceptors (Lipinski definition) is 2. The molecule has 0 radical (unpaired) electrons. The molecule has 0 amide bonds. The second-order valence-electron chi connectivity index (χ2n) is 2.87. The molecule has 3 heteroatoms. The van der Waals surface area contributed by atoms with Crippen LogP contribution in [0.3, 0.4) is 0 Å². The highest BCUT2D eigenvalue weighted by Crippen LogP contribution is 2.18. The van der Waals surface area contributed by atoms with Gasteiger partial charge in [-0.2, -0.15) is 0 Å². The van der Waals surface area contributed by atoms with Crippen LogP contribution in [0.15, 0.2) is 18.5 Å². The molecule has 0 fully saturated rings. The molecule has 2 rings (SSSR count). The molecular weight excluding hydrogens is 150 g/mol. The number of fused-ring (bicyclic) bond motifs is 1. The van der Waals surface area contributed by atoms with Crippen LogP contribution in [0.2, 0.25) is 0 Å². The minimum absolute atomic E-state index is 0.567. The third kappa shape index (κ3) is 0.905. The predicted octanol–water partition coefficient (Wildman–Crippen LogP) is 1.33. The smallest absolute Gasteiger partial charge is 0.137 e. The zero-order valence-corrected chi connectivity index (χ0v) is 6.96. The minimum Gasteiger partial charge on any atom is -0.346 e. The molecular formula is C9H11N3. The summed E-state index contributed by atoms with van der Waals surface area (Å²) in [6, 6.07) is 1.96. The van der Waals surface area contributed by atoms with Crippen LogP contribution >= 0.6 is 0 Å². The summed E-state index contributed by atoms with van der Waals surface area (Å²) in [6.45, 7) is 2.62. The lowest BCUT2D eigenvalue weighted by Gasteiger charge is -1.98. The Morgan fingerprint density at radius 2 is 2.42 bits per heavy atom. The molecule has 3 N–H and O–H groups in total. The highest BCUT2D eigenvalue weighted by atomic mass is 14.8. The van der Waals surface area contributed by atoms with Gasteiger partial charge >= 0.3 is 0 Å². The third-order valence-electron chi connectivity index (χ3n) is 2.08. The molecule has 0 saturated carbocycles. The van der Waals surface area contributed by atoms with E-state index in [0.29, 0.717) is 6.54 Å². The van der Waals surface area contributed by atoms with E-state index in [1.165, 1.54) is 10.9 Å². The Morgan fingerprint density at radius 1 is 1.58 bits per heavy atom. The molecule has 0 bridgehead atoms. The lowest BCUT2D eigenvalue weighted by atomic mass is 10.1. The van der Waals surface area contributed by atoms with Gasteiger partial charge in [-0.15, -0.1) is 0 Å². The van der Waals surface area contributed by atoms with E-state index in [0.717, 1.165) is 11.2 Å². The number of nitrogens with two attached hydrogens (primary N) is 1. The number of hydrogen-bond donors (Lipinski definition) is 2. The average Bonchev–Trinajstić information content (AvgIpc) is 2.48. The molecule has 0 unspecified atom stereocenters. The number of pyridine rings is 1. The van der Waals surface area contributed by atoms with E-state index in [2.05, 4.69) is 16.9 Å². The van der Waals surface area contributed by atoms with E-state index in [-0.39, 0.29) is 0 Å². The Hall–Kier alpha value is -1.35. The lowest BCUT2D eigenvalue weighted by molar-refractivity contribution is 1.08. The number of aryl methyl sites for hydroxylation is 1. The van der Waals surface area contributed by atoms with Crippen molar-refractivity contribution in [2.75, 3.05) is 0 Å². The molecule has 0 spiro atoms. The summed E-state index contributed by atoms with van der Waals surface area (Å²) < 4.78 is 0. The molecule has 2 heterocycles. The first-order valence-electron chi connectivity index (χ1n) is 3.94. The lowest BCUT2D eigenvalue weighted by Crippen LogP contribution is -1.97. The van der Waals surface area contributed by atoms with Gasteiger partial charge < -0.3 is 10.7 Å². The van der Waals surface area contributed by atoms with Crippen molar-refractivity contribution >= 4 is 11.0 Å². The van der Waals surface area contributed by atoms with Gasteiger partial charge in [0.15, 0.2) is 0 Å². The molecule has 0 aromatic carbocycles. The number of rotatable bonds is 1. The van der Waals surface area contributed by atoms with Crippen molar-refractivity contribution in [3.05, 3.63) is 29.6 Å². The van der Waals surface area contributed by atoms with Crippen LogP contribution in [0, 0.1) is 6.92 Å². The Morgan fingerprint density at radius 3 is 3.17 bits per heavy atom. The van der Waals surface area contributed by atoms with E-state index in [4.69, 9.17) is 5.73 Å². The number of nitrogens with one attached hydrogen (secondary N) is 1. The maximum Gasteiger partial charge on any atom is 0.137 e. The van der Waals surface area contributed by atoms with Crippen LogP contribution in [0.4, 0.5) is 0 Å². The van der Waals surface area contributed by atoms with Gasteiger partial charge in [0.25, 0.3) is 0 Å². The minimum atomic E-state index is 0.567. The molecule has 3 nitrogen and oxygen atoms in total. The summed E-state index contributed by atoms with van der Waals surface area (Å²) in [5, 5.41) is 1.17. The summed E-state index contributed by atoms with van der Waals surface area (Å²) in [4.78, 5) is 7.30. The summed E-state index contributed by atoms with van der Waals surface area (Å²) in [7, 11) is 0. The zero-order valence-electron chi connectivity index (χ0n) is 6.96. The van der Waals surface area contributed by atoms with Crippen LogP contribution in [-0.4, -0.2) is 9.97 Å².